The van der Waals surface area contributed by atoms with Crippen molar-refractivity contribution >= 4 is 29.9 Å². The summed E-state index contributed by atoms with van der Waals surface area (Å²) in [6.45, 7) is 13.2. The molecule has 9 nitrogen and oxygen atoms in total. The van der Waals surface area contributed by atoms with Crippen LogP contribution in [0.5, 0.6) is 5.75 Å². The van der Waals surface area contributed by atoms with Gasteiger partial charge in [-0.3, -0.25) is 4.90 Å². The number of rotatable bonds is 10. The van der Waals surface area contributed by atoms with E-state index in [-0.39, 0.29) is 24.0 Å². The van der Waals surface area contributed by atoms with E-state index >= 15 is 0 Å². The maximum atomic E-state index is 5.96. The van der Waals surface area contributed by atoms with E-state index in [1.54, 1.807) is 0 Å². The molecule has 2 aromatic rings. The topological polar surface area (TPSA) is 88.8 Å². The molecule has 2 heterocycles. The normalized spacial score (nSPS) is 14.6. The Hall–Kier alpha value is -1.92. The van der Waals surface area contributed by atoms with Crippen molar-refractivity contribution in [2.45, 2.75) is 40.3 Å². The summed E-state index contributed by atoms with van der Waals surface area (Å²) in [5.41, 5.74) is 2.26. The summed E-state index contributed by atoms with van der Waals surface area (Å²) in [5.74, 6) is 3.42. The highest BCUT2D eigenvalue weighted by molar-refractivity contribution is 14.0. The fourth-order valence-electron chi connectivity index (χ4n) is 3.40. The molecule has 1 fully saturated rings. The third kappa shape index (κ3) is 8.74. The fourth-order valence-corrected chi connectivity index (χ4v) is 3.40. The summed E-state index contributed by atoms with van der Waals surface area (Å²) >= 11 is 0. The second-order valence-electron chi connectivity index (χ2n) is 8.08. The van der Waals surface area contributed by atoms with E-state index in [0.29, 0.717) is 19.7 Å². The van der Waals surface area contributed by atoms with Gasteiger partial charge in [-0.2, -0.15) is 0 Å². The van der Waals surface area contributed by atoms with Crippen molar-refractivity contribution in [1.29, 1.82) is 0 Å². The minimum Gasteiger partial charge on any atom is -0.493 e. The molecule has 10 heteroatoms. The Bertz CT molecular complexity index is 882. The quantitative estimate of drug-likeness (QED) is 0.257. The van der Waals surface area contributed by atoms with E-state index in [0.717, 1.165) is 74.7 Å². The first-order chi connectivity index (χ1) is 15.6. The number of nitrogens with one attached hydrogen (secondary N) is 2. The maximum absolute atomic E-state index is 5.96. The van der Waals surface area contributed by atoms with Crippen molar-refractivity contribution in [3.63, 3.8) is 0 Å². The van der Waals surface area contributed by atoms with Crippen LogP contribution in [-0.4, -0.2) is 71.6 Å². The number of benzene rings is 1. The second kappa shape index (κ2) is 14.4. The van der Waals surface area contributed by atoms with Gasteiger partial charge < -0.3 is 24.7 Å². The predicted molar refractivity (Wildman–Crippen MR) is 141 cm³/mol. The molecule has 0 radical (unpaired) electrons. The molecule has 1 saturated heterocycles. The summed E-state index contributed by atoms with van der Waals surface area (Å²) in [6.07, 6.45) is 0.976. The number of halogens is 1. The lowest BCUT2D eigenvalue weighted by Crippen LogP contribution is -2.44. The number of aryl methyl sites for hydroxylation is 2. The number of hydrogen-bond donors (Lipinski definition) is 2. The molecule has 184 valence electrons. The third-order valence-corrected chi connectivity index (χ3v) is 5.51. The van der Waals surface area contributed by atoms with Gasteiger partial charge >= 0.3 is 0 Å². The van der Waals surface area contributed by atoms with Crippen LogP contribution in [-0.2, 0) is 24.9 Å². The average molecular weight is 572 g/mol. The van der Waals surface area contributed by atoms with Crippen molar-refractivity contribution in [3.05, 3.63) is 41.0 Å². The number of guanidine groups is 1. The SMILES string of the molecule is CCCOc1cc(C)ccc1CN=C(NCCN1CCOCC1)NCc1nnc(C)n1C.I. The lowest BCUT2D eigenvalue weighted by molar-refractivity contribution is 0.0389. The molecule has 0 aliphatic carbocycles. The van der Waals surface area contributed by atoms with Crippen LogP contribution in [0.4, 0.5) is 0 Å². The van der Waals surface area contributed by atoms with E-state index in [2.05, 4.69) is 57.8 Å². The van der Waals surface area contributed by atoms with Crippen molar-refractivity contribution in [3.8, 4) is 5.75 Å². The van der Waals surface area contributed by atoms with Gasteiger partial charge in [0.25, 0.3) is 0 Å². The highest BCUT2D eigenvalue weighted by Gasteiger charge is 2.11. The molecule has 0 saturated carbocycles. The van der Waals surface area contributed by atoms with Crippen LogP contribution in [0, 0.1) is 13.8 Å². The van der Waals surface area contributed by atoms with Gasteiger partial charge in [0.2, 0.25) is 0 Å². The number of hydrogen-bond acceptors (Lipinski definition) is 6. The Morgan fingerprint density at radius 2 is 1.97 bits per heavy atom. The van der Waals surface area contributed by atoms with Gasteiger partial charge in [-0.25, -0.2) is 4.99 Å². The minimum absolute atomic E-state index is 0. The molecule has 1 aliphatic rings. The summed E-state index contributed by atoms with van der Waals surface area (Å²) in [5, 5.41) is 15.2. The zero-order chi connectivity index (χ0) is 22.8. The van der Waals surface area contributed by atoms with Crippen LogP contribution in [0.3, 0.4) is 0 Å². The Morgan fingerprint density at radius 3 is 2.67 bits per heavy atom. The summed E-state index contributed by atoms with van der Waals surface area (Å²) in [7, 11) is 1.97. The van der Waals surface area contributed by atoms with Crippen molar-refractivity contribution < 1.29 is 9.47 Å². The van der Waals surface area contributed by atoms with Crippen LogP contribution in [0.2, 0.25) is 0 Å². The van der Waals surface area contributed by atoms with Gasteiger partial charge in [-0.05, 0) is 31.9 Å². The molecule has 2 N–H and O–H groups in total. The van der Waals surface area contributed by atoms with E-state index in [1.165, 1.54) is 5.56 Å². The van der Waals surface area contributed by atoms with E-state index in [9.17, 15) is 0 Å². The molecule has 33 heavy (non-hydrogen) atoms. The summed E-state index contributed by atoms with van der Waals surface area (Å²) in [4.78, 5) is 7.24. The Morgan fingerprint density at radius 1 is 1.18 bits per heavy atom. The van der Waals surface area contributed by atoms with Crippen LogP contribution in [0.15, 0.2) is 23.2 Å². The largest absolute Gasteiger partial charge is 0.493 e. The Kier molecular flexibility index (Phi) is 11.9. The van der Waals surface area contributed by atoms with Gasteiger partial charge in [-0.15, -0.1) is 34.2 Å². The lowest BCUT2D eigenvalue weighted by Gasteiger charge is -2.26. The van der Waals surface area contributed by atoms with Crippen LogP contribution in [0.25, 0.3) is 0 Å². The third-order valence-electron chi connectivity index (χ3n) is 5.51. The molecule has 1 aromatic heterocycles. The molecule has 1 aliphatic heterocycles. The number of nitrogens with zero attached hydrogens (tertiary/aromatic N) is 5. The predicted octanol–water partition coefficient (Wildman–Crippen LogP) is 2.41. The number of morpholine rings is 1. The van der Waals surface area contributed by atoms with Crippen molar-refractivity contribution in [2.24, 2.45) is 12.0 Å². The van der Waals surface area contributed by atoms with E-state index < -0.39 is 0 Å². The Balaban J connectivity index is 0.00000385. The molecule has 1 aromatic carbocycles. The Labute approximate surface area is 214 Å². The molecule has 3 rings (SSSR count). The van der Waals surface area contributed by atoms with Gasteiger partial charge in [-0.1, -0.05) is 19.1 Å². The fraction of sp³-hybridized carbons (Fsp3) is 0.609. The molecule has 0 atom stereocenters. The number of ether oxygens (including phenoxy) is 2. The highest BCUT2D eigenvalue weighted by atomic mass is 127. The van der Waals surface area contributed by atoms with Crippen LogP contribution in [0.1, 0.15) is 36.1 Å². The molecule has 0 spiro atoms. The number of aliphatic imine (C=N–C) groups is 1. The lowest BCUT2D eigenvalue weighted by atomic mass is 10.1. The first-order valence-corrected chi connectivity index (χ1v) is 11.5. The minimum atomic E-state index is 0. The smallest absolute Gasteiger partial charge is 0.192 e. The van der Waals surface area contributed by atoms with Crippen LogP contribution >= 0.6 is 24.0 Å². The second-order valence-corrected chi connectivity index (χ2v) is 8.08. The van der Waals surface area contributed by atoms with Gasteiger partial charge in [0.05, 0.1) is 32.9 Å². The zero-order valence-electron chi connectivity index (χ0n) is 20.3. The molecular formula is C23H38IN7O2. The maximum Gasteiger partial charge on any atom is 0.192 e. The van der Waals surface area contributed by atoms with Crippen molar-refractivity contribution in [1.82, 2.24) is 30.3 Å². The first-order valence-electron chi connectivity index (χ1n) is 11.5. The van der Waals surface area contributed by atoms with E-state index in [4.69, 9.17) is 14.5 Å². The zero-order valence-corrected chi connectivity index (χ0v) is 22.6. The monoisotopic (exact) mass is 571 g/mol. The summed E-state index contributed by atoms with van der Waals surface area (Å²) in [6, 6.07) is 6.29. The average Bonchev–Trinajstić information content (AvgIpc) is 3.12. The summed E-state index contributed by atoms with van der Waals surface area (Å²) < 4.78 is 13.4. The standard InChI is InChI=1S/C23H37N7O2.HI/c1-5-12-32-21-15-18(2)6-7-20(21)16-25-23(24-8-9-30-10-13-31-14-11-30)26-17-22-28-27-19(3)29(22)4;/h6-7,15H,5,8-14,16-17H2,1-4H3,(H2,24,25,26);1H. The first kappa shape index (κ1) is 27.3. The molecule has 0 bridgehead atoms. The molecule has 0 unspecified atom stereocenters. The van der Waals surface area contributed by atoms with Gasteiger partial charge in [0.1, 0.15) is 11.6 Å². The highest BCUT2D eigenvalue weighted by Crippen LogP contribution is 2.21. The van der Waals surface area contributed by atoms with Crippen LogP contribution < -0.4 is 15.4 Å². The van der Waals surface area contributed by atoms with E-state index in [1.807, 2.05) is 18.5 Å². The number of aromatic nitrogens is 3. The van der Waals surface area contributed by atoms with Gasteiger partial charge in [0.15, 0.2) is 11.8 Å². The van der Waals surface area contributed by atoms with Crippen molar-refractivity contribution in [2.75, 3.05) is 46.0 Å². The van der Waals surface area contributed by atoms with Gasteiger partial charge in [0, 0.05) is 38.8 Å². The molecule has 0 amide bonds. The molecular weight excluding hydrogens is 533 g/mol.